The molecule has 0 fully saturated rings. The molecule has 0 unspecified atom stereocenters. The van der Waals surface area contributed by atoms with Gasteiger partial charge in [-0.05, 0) is 38.8 Å². The van der Waals surface area contributed by atoms with Crippen LogP contribution in [-0.2, 0) is 0 Å². The van der Waals surface area contributed by atoms with Gasteiger partial charge in [0, 0.05) is 0 Å². The van der Waals surface area contributed by atoms with E-state index in [1.165, 1.54) is 44.6 Å². The number of benzene rings is 1. The summed E-state index contributed by atoms with van der Waals surface area (Å²) in [5, 5.41) is 0. The van der Waals surface area contributed by atoms with Crippen molar-refractivity contribution in [3.8, 4) is 0 Å². The molecule has 0 heterocycles. The van der Waals surface area contributed by atoms with Crippen molar-refractivity contribution >= 4 is 5.69 Å². The number of hydrogen-bond donors (Lipinski definition) is 0. The number of quaternary nitrogens is 1. The number of para-hydroxylation sites is 1. The third-order valence-electron chi connectivity index (χ3n) is 3.70. The van der Waals surface area contributed by atoms with Gasteiger partial charge in [0.1, 0.15) is 5.69 Å². The highest BCUT2D eigenvalue weighted by molar-refractivity contribution is 5.42. The van der Waals surface area contributed by atoms with E-state index in [4.69, 9.17) is 0 Å². The Labute approximate surface area is 101 Å². The van der Waals surface area contributed by atoms with Crippen LogP contribution < -0.4 is 4.48 Å². The second-order valence-electron chi connectivity index (χ2n) is 4.54. The van der Waals surface area contributed by atoms with Crippen LogP contribution >= 0.6 is 0 Å². The average Bonchev–Trinajstić information content (AvgIpc) is 2.36. The van der Waals surface area contributed by atoms with Crippen LogP contribution in [-0.4, -0.2) is 19.6 Å². The molecule has 0 aliphatic carbocycles. The molecule has 1 aromatic carbocycles. The van der Waals surface area contributed by atoms with Crippen LogP contribution in [0.15, 0.2) is 30.3 Å². The van der Waals surface area contributed by atoms with E-state index in [-0.39, 0.29) is 0 Å². The fourth-order valence-electron chi connectivity index (χ4n) is 2.44. The first-order valence-electron chi connectivity index (χ1n) is 6.70. The molecule has 0 aliphatic rings. The molecule has 0 aliphatic heterocycles. The summed E-state index contributed by atoms with van der Waals surface area (Å²) in [4.78, 5) is 0. The molecule has 0 saturated heterocycles. The fourth-order valence-corrected chi connectivity index (χ4v) is 2.44. The van der Waals surface area contributed by atoms with Gasteiger partial charge in [0.2, 0.25) is 0 Å². The molecule has 0 atom stereocenters. The van der Waals surface area contributed by atoms with Crippen molar-refractivity contribution in [2.45, 2.75) is 40.0 Å². The number of hydrogen-bond acceptors (Lipinski definition) is 0. The maximum atomic E-state index is 2.31. The van der Waals surface area contributed by atoms with Gasteiger partial charge in [-0.3, -0.25) is 4.48 Å². The summed E-state index contributed by atoms with van der Waals surface area (Å²) in [6.07, 6.45) is 4.00. The zero-order valence-corrected chi connectivity index (χ0v) is 11.1. The van der Waals surface area contributed by atoms with Crippen LogP contribution in [0.4, 0.5) is 5.69 Å². The summed E-state index contributed by atoms with van der Waals surface area (Å²) in [6.45, 7) is 10.6. The van der Waals surface area contributed by atoms with E-state index < -0.39 is 0 Å². The zero-order valence-electron chi connectivity index (χ0n) is 11.1. The highest BCUT2D eigenvalue weighted by Gasteiger charge is 2.25. The van der Waals surface area contributed by atoms with Crippen LogP contribution in [0.2, 0.25) is 0 Å². The lowest BCUT2D eigenvalue weighted by molar-refractivity contribution is 0.293. The van der Waals surface area contributed by atoms with Gasteiger partial charge in [-0.25, -0.2) is 0 Å². The van der Waals surface area contributed by atoms with Gasteiger partial charge in [-0.15, -0.1) is 0 Å². The minimum atomic E-state index is 1.14. The first kappa shape index (κ1) is 13.2. The molecule has 1 nitrogen and oxygen atoms in total. The molecule has 1 aromatic rings. The first-order valence-corrected chi connectivity index (χ1v) is 6.70. The molecule has 1 rings (SSSR count). The minimum absolute atomic E-state index is 1.14. The van der Waals surface area contributed by atoms with Crippen molar-refractivity contribution in [3.05, 3.63) is 30.3 Å². The van der Waals surface area contributed by atoms with E-state index in [2.05, 4.69) is 51.1 Å². The van der Waals surface area contributed by atoms with Gasteiger partial charge >= 0.3 is 0 Å². The van der Waals surface area contributed by atoms with Crippen molar-refractivity contribution in [2.75, 3.05) is 19.6 Å². The Morgan fingerprint density at radius 3 is 2.00 bits per heavy atom. The molecule has 0 spiro atoms. The van der Waals surface area contributed by atoms with E-state index in [0.717, 1.165) is 4.48 Å². The van der Waals surface area contributed by atoms with Gasteiger partial charge in [0.25, 0.3) is 0 Å². The standard InChI is InChI=1S/C15H26N/c1-4-7-11-14-16(5-2,6-3)15-12-9-8-10-13-15/h8-10,12-13H,4-7,11,14H2,1-3H3/q+1. The van der Waals surface area contributed by atoms with Gasteiger partial charge in [0.15, 0.2) is 0 Å². The van der Waals surface area contributed by atoms with Gasteiger partial charge in [-0.1, -0.05) is 31.5 Å². The molecule has 0 N–H and O–H groups in total. The fraction of sp³-hybridized carbons (Fsp3) is 0.600. The monoisotopic (exact) mass is 220 g/mol. The maximum absolute atomic E-state index is 2.31. The molecule has 0 saturated carbocycles. The van der Waals surface area contributed by atoms with Crippen molar-refractivity contribution < 1.29 is 0 Å². The Morgan fingerprint density at radius 2 is 1.50 bits per heavy atom. The van der Waals surface area contributed by atoms with Crippen LogP contribution in [0, 0.1) is 0 Å². The van der Waals surface area contributed by atoms with Crippen LogP contribution in [0.5, 0.6) is 0 Å². The molecular weight excluding hydrogens is 194 g/mol. The molecule has 0 amide bonds. The molecule has 90 valence electrons. The third kappa shape index (κ3) is 3.08. The van der Waals surface area contributed by atoms with Crippen LogP contribution in [0.3, 0.4) is 0 Å². The van der Waals surface area contributed by atoms with Crippen LogP contribution in [0.1, 0.15) is 40.0 Å². The topological polar surface area (TPSA) is 0 Å². The molecule has 0 radical (unpaired) electrons. The van der Waals surface area contributed by atoms with E-state index in [9.17, 15) is 0 Å². The molecule has 1 heteroatoms. The van der Waals surface area contributed by atoms with Crippen molar-refractivity contribution in [3.63, 3.8) is 0 Å². The summed E-state index contributed by atoms with van der Waals surface area (Å²) in [5.74, 6) is 0. The highest BCUT2D eigenvalue weighted by Crippen LogP contribution is 2.23. The Balaban J connectivity index is 2.79. The average molecular weight is 220 g/mol. The molecular formula is C15H26N+. The summed E-state index contributed by atoms with van der Waals surface area (Å²) >= 11 is 0. The number of unbranched alkanes of at least 4 members (excludes halogenated alkanes) is 2. The normalized spacial score (nSPS) is 11.7. The molecule has 0 bridgehead atoms. The predicted molar refractivity (Wildman–Crippen MR) is 73.7 cm³/mol. The Morgan fingerprint density at radius 1 is 0.875 bits per heavy atom. The Kier molecular flexibility index (Phi) is 5.54. The van der Waals surface area contributed by atoms with Crippen molar-refractivity contribution in [1.29, 1.82) is 0 Å². The van der Waals surface area contributed by atoms with E-state index in [1.807, 2.05) is 0 Å². The second-order valence-corrected chi connectivity index (χ2v) is 4.54. The molecule has 0 aromatic heterocycles. The first-order chi connectivity index (χ1) is 7.79. The zero-order chi connectivity index (χ0) is 11.9. The van der Waals surface area contributed by atoms with E-state index in [0.29, 0.717) is 0 Å². The predicted octanol–water partition coefficient (Wildman–Crippen LogP) is 4.22. The lowest BCUT2D eigenvalue weighted by Crippen LogP contribution is -2.49. The lowest BCUT2D eigenvalue weighted by atomic mass is 10.1. The minimum Gasteiger partial charge on any atom is -0.292 e. The number of nitrogens with zero attached hydrogens (tertiary/aromatic N) is 1. The Hall–Kier alpha value is -0.820. The SMILES string of the molecule is CCCCC[N+](CC)(CC)c1ccccc1. The van der Waals surface area contributed by atoms with E-state index in [1.54, 1.807) is 0 Å². The van der Waals surface area contributed by atoms with Gasteiger partial charge in [-0.2, -0.15) is 0 Å². The number of rotatable bonds is 7. The van der Waals surface area contributed by atoms with Crippen molar-refractivity contribution in [1.82, 2.24) is 4.48 Å². The maximum Gasteiger partial charge on any atom is 0.132 e. The second kappa shape index (κ2) is 6.70. The van der Waals surface area contributed by atoms with E-state index >= 15 is 0 Å². The smallest absolute Gasteiger partial charge is 0.132 e. The van der Waals surface area contributed by atoms with Crippen LogP contribution in [0.25, 0.3) is 0 Å². The third-order valence-corrected chi connectivity index (χ3v) is 3.70. The quantitative estimate of drug-likeness (QED) is 0.476. The summed E-state index contributed by atoms with van der Waals surface area (Å²) < 4.78 is 1.14. The lowest BCUT2D eigenvalue weighted by Gasteiger charge is -2.36. The highest BCUT2D eigenvalue weighted by atomic mass is 15.3. The largest absolute Gasteiger partial charge is 0.292 e. The summed E-state index contributed by atoms with van der Waals surface area (Å²) in [5.41, 5.74) is 1.48. The van der Waals surface area contributed by atoms with Gasteiger partial charge in [0.05, 0.1) is 19.6 Å². The Bertz CT molecular complexity index is 275. The summed E-state index contributed by atoms with van der Waals surface area (Å²) in [7, 11) is 0. The summed E-state index contributed by atoms with van der Waals surface area (Å²) in [6, 6.07) is 11.0. The van der Waals surface area contributed by atoms with Crippen molar-refractivity contribution in [2.24, 2.45) is 0 Å². The molecule has 16 heavy (non-hydrogen) atoms. The van der Waals surface area contributed by atoms with Gasteiger partial charge < -0.3 is 0 Å².